The number of aromatic nitrogens is 2. The summed E-state index contributed by atoms with van der Waals surface area (Å²) in [6.07, 6.45) is 3.41. The molecule has 0 unspecified atom stereocenters. The zero-order valence-electron chi connectivity index (χ0n) is 10.7. The Labute approximate surface area is 122 Å². The van der Waals surface area contributed by atoms with Crippen LogP contribution in [0.15, 0.2) is 41.6 Å². The average molecular weight is 315 g/mol. The van der Waals surface area contributed by atoms with Crippen LogP contribution in [0.1, 0.15) is 5.56 Å². The lowest BCUT2D eigenvalue weighted by molar-refractivity contribution is 0.561. The predicted octanol–water partition coefficient (Wildman–Crippen LogP) is 0.974. The number of hydrogen-bond donors (Lipinski definition) is 2. The highest BCUT2D eigenvalue weighted by Gasteiger charge is 2.14. The van der Waals surface area contributed by atoms with Gasteiger partial charge in [0.25, 0.3) is 0 Å². The molecule has 0 aliphatic carbocycles. The minimum atomic E-state index is -3.57. The summed E-state index contributed by atoms with van der Waals surface area (Å²) in [7, 11) is -3.57. The van der Waals surface area contributed by atoms with Gasteiger partial charge in [0, 0.05) is 30.5 Å². The molecule has 0 aliphatic heterocycles. The van der Waals surface area contributed by atoms with Crippen LogP contribution in [0.3, 0.4) is 0 Å². The second-order valence-electron chi connectivity index (χ2n) is 4.12. The number of nitrogens with zero attached hydrogens (tertiary/aromatic N) is 2. The average Bonchev–Trinajstić information content (AvgIpc) is 2.92. The normalized spacial score (nSPS) is 11.7. The van der Waals surface area contributed by atoms with Crippen LogP contribution in [0.25, 0.3) is 0 Å². The zero-order chi connectivity index (χ0) is 14.6. The minimum Gasteiger partial charge on any atom is -0.326 e. The van der Waals surface area contributed by atoms with Gasteiger partial charge < -0.3 is 5.73 Å². The largest absolute Gasteiger partial charge is 0.326 e. The molecule has 0 amide bonds. The molecular weight excluding hydrogens is 300 g/mol. The number of nitrogens with two attached hydrogens (primary N) is 1. The van der Waals surface area contributed by atoms with Crippen molar-refractivity contribution in [1.29, 1.82) is 0 Å². The Morgan fingerprint density at radius 3 is 2.85 bits per heavy atom. The first-order valence-electron chi connectivity index (χ1n) is 5.98. The molecule has 2 aromatic rings. The van der Waals surface area contributed by atoms with Crippen molar-refractivity contribution in [2.45, 2.75) is 18.0 Å². The molecule has 108 valence electrons. The summed E-state index contributed by atoms with van der Waals surface area (Å²) in [4.78, 5) is 0.155. The highest BCUT2D eigenvalue weighted by atomic mass is 35.5. The highest BCUT2D eigenvalue weighted by Crippen LogP contribution is 2.19. The van der Waals surface area contributed by atoms with Gasteiger partial charge in [-0.1, -0.05) is 11.6 Å². The molecule has 0 fully saturated rings. The van der Waals surface area contributed by atoms with E-state index in [4.69, 9.17) is 17.3 Å². The molecule has 0 saturated carbocycles. The van der Waals surface area contributed by atoms with Crippen molar-refractivity contribution in [2.75, 3.05) is 6.54 Å². The number of sulfonamides is 1. The van der Waals surface area contributed by atoms with Gasteiger partial charge in [-0.3, -0.25) is 4.68 Å². The number of rotatable bonds is 6. The van der Waals surface area contributed by atoms with Crippen molar-refractivity contribution in [1.82, 2.24) is 14.5 Å². The van der Waals surface area contributed by atoms with E-state index in [9.17, 15) is 8.42 Å². The van der Waals surface area contributed by atoms with Crippen molar-refractivity contribution >= 4 is 21.6 Å². The third-order valence-corrected chi connectivity index (χ3v) is 4.57. The Hall–Kier alpha value is -1.41. The fourth-order valence-corrected chi connectivity index (χ4v) is 2.95. The molecule has 0 bridgehead atoms. The van der Waals surface area contributed by atoms with Gasteiger partial charge in [-0.15, -0.1) is 0 Å². The van der Waals surface area contributed by atoms with E-state index in [0.29, 0.717) is 17.1 Å². The van der Waals surface area contributed by atoms with Crippen LogP contribution in [0, 0.1) is 0 Å². The maximum Gasteiger partial charge on any atom is 0.240 e. The summed E-state index contributed by atoms with van der Waals surface area (Å²) in [6, 6.07) is 6.25. The summed E-state index contributed by atoms with van der Waals surface area (Å²) >= 11 is 5.91. The molecule has 0 radical (unpaired) electrons. The molecule has 2 rings (SSSR count). The summed E-state index contributed by atoms with van der Waals surface area (Å²) in [6.45, 7) is 0.906. The minimum absolute atomic E-state index is 0.155. The van der Waals surface area contributed by atoms with Gasteiger partial charge in [0.2, 0.25) is 10.0 Å². The van der Waals surface area contributed by atoms with Crippen LogP contribution < -0.4 is 10.5 Å². The number of benzene rings is 1. The molecule has 0 spiro atoms. The summed E-state index contributed by atoms with van der Waals surface area (Å²) in [5.74, 6) is 0. The quantitative estimate of drug-likeness (QED) is 0.831. The molecule has 1 aromatic heterocycles. The van der Waals surface area contributed by atoms with Gasteiger partial charge >= 0.3 is 0 Å². The SMILES string of the molecule is NCc1cc(S(=O)(=O)NCCn2cccn2)ccc1Cl. The molecule has 0 saturated heterocycles. The lowest BCUT2D eigenvalue weighted by Gasteiger charge is -2.09. The smallest absolute Gasteiger partial charge is 0.240 e. The van der Waals surface area contributed by atoms with Crippen LogP contribution >= 0.6 is 11.6 Å². The third kappa shape index (κ3) is 3.57. The first-order valence-corrected chi connectivity index (χ1v) is 7.84. The van der Waals surface area contributed by atoms with Gasteiger partial charge in [-0.2, -0.15) is 5.10 Å². The van der Waals surface area contributed by atoms with Crippen molar-refractivity contribution in [3.8, 4) is 0 Å². The number of hydrogen-bond acceptors (Lipinski definition) is 4. The Morgan fingerprint density at radius 1 is 1.40 bits per heavy atom. The molecule has 6 nitrogen and oxygen atoms in total. The maximum atomic E-state index is 12.1. The van der Waals surface area contributed by atoms with E-state index in [1.807, 2.05) is 0 Å². The summed E-state index contributed by atoms with van der Waals surface area (Å²) < 4.78 is 28.4. The fourth-order valence-electron chi connectivity index (χ4n) is 1.69. The van der Waals surface area contributed by atoms with Gasteiger partial charge in [-0.05, 0) is 29.8 Å². The van der Waals surface area contributed by atoms with Gasteiger partial charge in [0.05, 0.1) is 11.4 Å². The fraction of sp³-hybridized carbons (Fsp3) is 0.250. The van der Waals surface area contributed by atoms with Crippen LogP contribution in [0.2, 0.25) is 5.02 Å². The lowest BCUT2D eigenvalue weighted by Crippen LogP contribution is -2.27. The van der Waals surface area contributed by atoms with Gasteiger partial charge in [0.15, 0.2) is 0 Å². The van der Waals surface area contributed by atoms with Crippen molar-refractivity contribution in [2.24, 2.45) is 5.73 Å². The van der Waals surface area contributed by atoms with E-state index in [-0.39, 0.29) is 18.0 Å². The predicted molar refractivity (Wildman–Crippen MR) is 76.8 cm³/mol. The maximum absolute atomic E-state index is 12.1. The van der Waals surface area contributed by atoms with Crippen LogP contribution in [0.5, 0.6) is 0 Å². The molecule has 0 atom stereocenters. The van der Waals surface area contributed by atoms with E-state index in [0.717, 1.165) is 0 Å². The van der Waals surface area contributed by atoms with E-state index in [2.05, 4.69) is 9.82 Å². The number of halogens is 1. The van der Waals surface area contributed by atoms with E-state index < -0.39 is 10.0 Å². The lowest BCUT2D eigenvalue weighted by atomic mass is 10.2. The first kappa shape index (κ1) is 15.0. The Kier molecular flexibility index (Phi) is 4.77. The number of nitrogens with one attached hydrogen (secondary N) is 1. The molecular formula is C12H15ClN4O2S. The Bertz CT molecular complexity index is 671. The van der Waals surface area contributed by atoms with E-state index in [1.165, 1.54) is 18.2 Å². The van der Waals surface area contributed by atoms with E-state index in [1.54, 1.807) is 23.1 Å². The molecule has 3 N–H and O–H groups in total. The topological polar surface area (TPSA) is 90.0 Å². The molecule has 20 heavy (non-hydrogen) atoms. The van der Waals surface area contributed by atoms with Gasteiger partial charge in [-0.25, -0.2) is 13.1 Å². The van der Waals surface area contributed by atoms with Crippen molar-refractivity contribution < 1.29 is 8.42 Å². The second-order valence-corrected chi connectivity index (χ2v) is 6.30. The van der Waals surface area contributed by atoms with E-state index >= 15 is 0 Å². The van der Waals surface area contributed by atoms with Gasteiger partial charge in [0.1, 0.15) is 0 Å². The van der Waals surface area contributed by atoms with Crippen molar-refractivity contribution in [3.63, 3.8) is 0 Å². The third-order valence-electron chi connectivity index (χ3n) is 2.74. The summed E-state index contributed by atoms with van der Waals surface area (Å²) in [5.41, 5.74) is 6.11. The Morgan fingerprint density at radius 2 is 2.20 bits per heavy atom. The monoisotopic (exact) mass is 314 g/mol. The first-order chi connectivity index (χ1) is 9.53. The highest BCUT2D eigenvalue weighted by molar-refractivity contribution is 7.89. The molecule has 8 heteroatoms. The second kappa shape index (κ2) is 6.36. The van der Waals surface area contributed by atoms with Crippen LogP contribution in [0.4, 0.5) is 0 Å². The molecule has 1 heterocycles. The Balaban J connectivity index is 2.06. The summed E-state index contributed by atoms with van der Waals surface area (Å²) in [5, 5.41) is 4.46. The standard InChI is InChI=1S/C12H15ClN4O2S/c13-12-3-2-11(8-10(12)9-14)20(18,19)16-5-7-17-6-1-4-15-17/h1-4,6,8,16H,5,7,9,14H2. The van der Waals surface area contributed by atoms with Crippen LogP contribution in [-0.2, 0) is 23.1 Å². The molecule has 0 aliphatic rings. The molecule has 1 aromatic carbocycles. The van der Waals surface area contributed by atoms with Crippen LogP contribution in [-0.4, -0.2) is 24.7 Å². The zero-order valence-corrected chi connectivity index (χ0v) is 12.2. The van der Waals surface area contributed by atoms with Crippen molar-refractivity contribution in [3.05, 3.63) is 47.2 Å².